The summed E-state index contributed by atoms with van der Waals surface area (Å²) in [6, 6.07) is 12.3. The van der Waals surface area contributed by atoms with Gasteiger partial charge in [0.25, 0.3) is 0 Å². The number of aryl methyl sites for hydroxylation is 2. The topological polar surface area (TPSA) is 21.3 Å². The van der Waals surface area contributed by atoms with Crippen LogP contribution in [0.3, 0.4) is 0 Å². The van der Waals surface area contributed by atoms with Crippen molar-refractivity contribution >= 4 is 15.9 Å². The Morgan fingerprint density at radius 3 is 2.37 bits per heavy atom. The molecule has 0 saturated heterocycles. The molecule has 3 heteroatoms. The molecule has 2 aromatic rings. The lowest BCUT2D eigenvalue weighted by atomic mass is 10.1. The molecule has 2 rings (SSSR count). The highest BCUT2D eigenvalue weighted by atomic mass is 79.9. The maximum atomic E-state index is 6.04. The van der Waals surface area contributed by atoms with Crippen LogP contribution in [0.15, 0.2) is 40.9 Å². The van der Waals surface area contributed by atoms with Crippen molar-refractivity contribution in [1.29, 1.82) is 0 Å². The molecule has 0 heterocycles. The third kappa shape index (κ3) is 3.37. The molecule has 0 fully saturated rings. The standard InChI is InChI=1S/C16H18BrNO/c1-11-5-4-6-12(2)16(11)19-15-8-7-13(10-18-3)9-14(15)17/h4-9,18H,10H2,1-3H3. The highest BCUT2D eigenvalue weighted by Gasteiger charge is 2.08. The normalized spacial score (nSPS) is 10.5. The summed E-state index contributed by atoms with van der Waals surface area (Å²) in [5, 5.41) is 3.14. The fourth-order valence-electron chi connectivity index (χ4n) is 2.01. The Bertz CT molecular complexity index is 561. The van der Waals surface area contributed by atoms with Gasteiger partial charge in [0.05, 0.1) is 4.47 Å². The number of hydrogen-bond acceptors (Lipinski definition) is 2. The number of halogens is 1. The van der Waals surface area contributed by atoms with Gasteiger partial charge in [0.15, 0.2) is 0 Å². The lowest BCUT2D eigenvalue weighted by Gasteiger charge is -2.13. The highest BCUT2D eigenvalue weighted by Crippen LogP contribution is 2.33. The predicted octanol–water partition coefficient (Wildman–Crippen LogP) is 4.58. The second-order valence-electron chi connectivity index (χ2n) is 4.62. The van der Waals surface area contributed by atoms with E-state index in [1.54, 1.807) is 0 Å². The minimum atomic E-state index is 0.845. The van der Waals surface area contributed by atoms with Crippen LogP contribution in [0.1, 0.15) is 16.7 Å². The summed E-state index contributed by atoms with van der Waals surface area (Å²) in [4.78, 5) is 0. The van der Waals surface area contributed by atoms with Gasteiger partial charge in [-0.15, -0.1) is 0 Å². The maximum Gasteiger partial charge on any atom is 0.141 e. The minimum absolute atomic E-state index is 0.845. The van der Waals surface area contributed by atoms with E-state index in [-0.39, 0.29) is 0 Å². The minimum Gasteiger partial charge on any atom is -0.456 e. The Morgan fingerprint density at radius 2 is 1.79 bits per heavy atom. The molecular formula is C16H18BrNO. The molecule has 0 spiro atoms. The quantitative estimate of drug-likeness (QED) is 0.890. The fraction of sp³-hybridized carbons (Fsp3) is 0.250. The van der Waals surface area contributed by atoms with Crippen LogP contribution >= 0.6 is 15.9 Å². The number of para-hydroxylation sites is 1. The van der Waals surface area contributed by atoms with Crippen LogP contribution in [-0.2, 0) is 6.54 Å². The zero-order valence-electron chi connectivity index (χ0n) is 11.5. The van der Waals surface area contributed by atoms with Crippen LogP contribution in [0.25, 0.3) is 0 Å². The van der Waals surface area contributed by atoms with Crippen LogP contribution in [-0.4, -0.2) is 7.05 Å². The van der Waals surface area contributed by atoms with E-state index in [1.165, 1.54) is 5.56 Å². The zero-order chi connectivity index (χ0) is 13.8. The summed E-state index contributed by atoms with van der Waals surface area (Å²) in [6.45, 7) is 4.97. The van der Waals surface area contributed by atoms with E-state index >= 15 is 0 Å². The molecule has 0 aliphatic carbocycles. The molecule has 1 N–H and O–H groups in total. The number of benzene rings is 2. The van der Waals surface area contributed by atoms with Crippen LogP contribution in [0.5, 0.6) is 11.5 Å². The molecule has 0 aliphatic rings. The molecule has 0 aromatic heterocycles. The van der Waals surface area contributed by atoms with Crippen molar-refractivity contribution in [3.63, 3.8) is 0 Å². The van der Waals surface area contributed by atoms with Gasteiger partial charge in [-0.05, 0) is 65.6 Å². The van der Waals surface area contributed by atoms with Crippen molar-refractivity contribution in [3.05, 3.63) is 57.6 Å². The van der Waals surface area contributed by atoms with E-state index in [0.717, 1.165) is 33.6 Å². The summed E-state index contributed by atoms with van der Waals surface area (Å²) in [5.74, 6) is 1.78. The molecule has 0 aliphatic heterocycles. The van der Waals surface area contributed by atoms with E-state index in [4.69, 9.17) is 4.74 Å². The molecule has 0 bridgehead atoms. The summed E-state index contributed by atoms with van der Waals surface area (Å²) in [5.41, 5.74) is 3.51. The molecule has 2 aromatic carbocycles. The van der Waals surface area contributed by atoms with Crippen molar-refractivity contribution in [2.24, 2.45) is 0 Å². The smallest absolute Gasteiger partial charge is 0.141 e. The zero-order valence-corrected chi connectivity index (χ0v) is 13.0. The highest BCUT2D eigenvalue weighted by molar-refractivity contribution is 9.10. The monoisotopic (exact) mass is 319 g/mol. The SMILES string of the molecule is CNCc1ccc(Oc2c(C)cccc2C)c(Br)c1. The Labute approximate surface area is 122 Å². The van der Waals surface area contributed by atoms with E-state index < -0.39 is 0 Å². The Kier molecular flexibility index (Phi) is 4.61. The van der Waals surface area contributed by atoms with E-state index in [9.17, 15) is 0 Å². The first-order valence-corrected chi connectivity index (χ1v) is 7.08. The molecule has 0 atom stereocenters. The molecule has 100 valence electrons. The molecule has 0 unspecified atom stereocenters. The Hall–Kier alpha value is -1.32. The number of rotatable bonds is 4. The van der Waals surface area contributed by atoms with Gasteiger partial charge in [-0.1, -0.05) is 24.3 Å². The molecule has 0 amide bonds. The Morgan fingerprint density at radius 1 is 1.11 bits per heavy atom. The lowest BCUT2D eigenvalue weighted by molar-refractivity contribution is 0.472. The van der Waals surface area contributed by atoms with E-state index in [2.05, 4.69) is 59.4 Å². The van der Waals surface area contributed by atoms with E-state index in [1.807, 2.05) is 19.2 Å². The summed E-state index contributed by atoms with van der Waals surface area (Å²) in [7, 11) is 1.94. The molecule has 2 nitrogen and oxygen atoms in total. The van der Waals surface area contributed by atoms with Crippen LogP contribution in [0.4, 0.5) is 0 Å². The van der Waals surface area contributed by atoms with Crippen molar-refractivity contribution in [2.45, 2.75) is 20.4 Å². The van der Waals surface area contributed by atoms with Gasteiger partial charge in [0.2, 0.25) is 0 Å². The van der Waals surface area contributed by atoms with Crippen LogP contribution in [0.2, 0.25) is 0 Å². The van der Waals surface area contributed by atoms with Gasteiger partial charge in [0, 0.05) is 6.54 Å². The van der Waals surface area contributed by atoms with Gasteiger partial charge in [-0.3, -0.25) is 0 Å². The third-order valence-corrected chi connectivity index (χ3v) is 3.62. The molecule has 0 radical (unpaired) electrons. The average Bonchev–Trinajstić information content (AvgIpc) is 2.37. The number of ether oxygens (including phenoxy) is 1. The van der Waals surface area contributed by atoms with Gasteiger partial charge in [-0.25, -0.2) is 0 Å². The largest absolute Gasteiger partial charge is 0.456 e. The second kappa shape index (κ2) is 6.22. The first-order valence-electron chi connectivity index (χ1n) is 6.29. The van der Waals surface area contributed by atoms with Gasteiger partial charge in [0.1, 0.15) is 11.5 Å². The number of nitrogens with one attached hydrogen (secondary N) is 1. The van der Waals surface area contributed by atoms with Gasteiger partial charge < -0.3 is 10.1 Å². The second-order valence-corrected chi connectivity index (χ2v) is 5.47. The predicted molar refractivity (Wildman–Crippen MR) is 82.9 cm³/mol. The van der Waals surface area contributed by atoms with Crippen molar-refractivity contribution < 1.29 is 4.74 Å². The van der Waals surface area contributed by atoms with Crippen molar-refractivity contribution in [1.82, 2.24) is 5.32 Å². The summed E-state index contributed by atoms with van der Waals surface area (Å²) >= 11 is 3.57. The summed E-state index contributed by atoms with van der Waals surface area (Å²) < 4.78 is 7.01. The average molecular weight is 320 g/mol. The first kappa shape index (κ1) is 14.1. The van der Waals surface area contributed by atoms with Gasteiger partial charge >= 0.3 is 0 Å². The lowest BCUT2D eigenvalue weighted by Crippen LogP contribution is -2.04. The molecule has 19 heavy (non-hydrogen) atoms. The molecular weight excluding hydrogens is 302 g/mol. The van der Waals surface area contributed by atoms with Crippen molar-refractivity contribution in [2.75, 3.05) is 7.05 Å². The third-order valence-electron chi connectivity index (χ3n) is 3.00. The van der Waals surface area contributed by atoms with Crippen LogP contribution < -0.4 is 10.1 Å². The van der Waals surface area contributed by atoms with Crippen molar-refractivity contribution in [3.8, 4) is 11.5 Å². The fourth-order valence-corrected chi connectivity index (χ4v) is 2.52. The Balaban J connectivity index is 2.29. The number of hydrogen-bond donors (Lipinski definition) is 1. The molecule has 0 saturated carbocycles. The van der Waals surface area contributed by atoms with E-state index in [0.29, 0.717) is 0 Å². The summed E-state index contributed by atoms with van der Waals surface area (Å²) in [6.07, 6.45) is 0. The maximum absolute atomic E-state index is 6.04. The van der Waals surface area contributed by atoms with Crippen LogP contribution in [0, 0.1) is 13.8 Å². The van der Waals surface area contributed by atoms with Gasteiger partial charge in [-0.2, -0.15) is 0 Å². The first-order chi connectivity index (χ1) is 9.11.